The lowest BCUT2D eigenvalue weighted by atomic mass is 10.1. The molecule has 2 unspecified atom stereocenters. The predicted molar refractivity (Wildman–Crippen MR) is 59.9 cm³/mol. The summed E-state index contributed by atoms with van der Waals surface area (Å²) in [5.74, 6) is -1.09. The molecule has 3 nitrogen and oxygen atoms in total. The molecular formula is C13H12F3NO2. The zero-order chi connectivity index (χ0) is 14.1. The number of ether oxygens (including phenoxy) is 2. The average Bonchev–Trinajstić information content (AvgIpc) is 2.72. The molecule has 19 heavy (non-hydrogen) atoms. The molecule has 0 aliphatic carbocycles. The fourth-order valence-corrected chi connectivity index (χ4v) is 1.95. The molecule has 1 saturated heterocycles. The van der Waals surface area contributed by atoms with Gasteiger partial charge < -0.3 is 9.47 Å². The van der Waals surface area contributed by atoms with E-state index in [9.17, 15) is 13.2 Å². The normalized spacial score (nSPS) is 27.2. The molecule has 0 amide bonds. The van der Waals surface area contributed by atoms with Gasteiger partial charge in [-0.25, -0.2) is 0 Å². The number of nitriles is 1. The Morgan fingerprint density at radius 2 is 2.00 bits per heavy atom. The van der Waals surface area contributed by atoms with Crippen LogP contribution < -0.4 is 0 Å². The number of alkyl halides is 3. The Hall–Kier alpha value is -1.58. The van der Waals surface area contributed by atoms with Gasteiger partial charge in [0.25, 0.3) is 0 Å². The topological polar surface area (TPSA) is 42.2 Å². The van der Waals surface area contributed by atoms with Crippen molar-refractivity contribution in [1.29, 1.82) is 5.26 Å². The van der Waals surface area contributed by atoms with Gasteiger partial charge in [-0.2, -0.15) is 18.4 Å². The molecular weight excluding hydrogens is 259 g/mol. The molecule has 102 valence electrons. The quantitative estimate of drug-likeness (QED) is 0.829. The molecule has 1 aromatic rings. The van der Waals surface area contributed by atoms with Gasteiger partial charge in [0.05, 0.1) is 30.8 Å². The Morgan fingerprint density at radius 3 is 2.53 bits per heavy atom. The molecule has 1 aromatic carbocycles. The second kappa shape index (κ2) is 4.83. The fourth-order valence-electron chi connectivity index (χ4n) is 1.95. The van der Waals surface area contributed by atoms with Gasteiger partial charge in [-0.15, -0.1) is 0 Å². The number of hydrogen-bond acceptors (Lipinski definition) is 3. The Kier molecular flexibility index (Phi) is 3.52. The molecule has 1 fully saturated rings. The molecule has 0 radical (unpaired) electrons. The third-order valence-electron chi connectivity index (χ3n) is 2.99. The van der Waals surface area contributed by atoms with Gasteiger partial charge in [0.1, 0.15) is 0 Å². The predicted octanol–water partition coefficient (Wildman–Crippen LogP) is 3.21. The van der Waals surface area contributed by atoms with Crippen LogP contribution in [-0.2, 0) is 21.4 Å². The molecule has 1 heterocycles. The van der Waals surface area contributed by atoms with Gasteiger partial charge >= 0.3 is 6.18 Å². The van der Waals surface area contributed by atoms with Crippen LogP contribution in [0.15, 0.2) is 24.3 Å². The lowest BCUT2D eigenvalue weighted by molar-refractivity contribution is -0.161. The highest BCUT2D eigenvalue weighted by Crippen LogP contribution is 2.36. The van der Waals surface area contributed by atoms with Crippen molar-refractivity contribution in [3.63, 3.8) is 0 Å². The van der Waals surface area contributed by atoms with Crippen LogP contribution in [0.5, 0.6) is 0 Å². The second-order valence-corrected chi connectivity index (χ2v) is 4.43. The van der Waals surface area contributed by atoms with Crippen LogP contribution >= 0.6 is 0 Å². The summed E-state index contributed by atoms with van der Waals surface area (Å²) in [5, 5.41) is 8.58. The number of nitrogens with zero attached hydrogens (tertiary/aromatic N) is 1. The van der Waals surface area contributed by atoms with Crippen molar-refractivity contribution in [1.82, 2.24) is 0 Å². The van der Waals surface area contributed by atoms with E-state index >= 15 is 0 Å². The first kappa shape index (κ1) is 13.8. The number of halogens is 3. The van der Waals surface area contributed by atoms with Crippen LogP contribution in [0.1, 0.15) is 24.5 Å². The van der Waals surface area contributed by atoms with Crippen molar-refractivity contribution in [2.75, 3.05) is 6.61 Å². The van der Waals surface area contributed by atoms with E-state index in [1.54, 1.807) is 6.92 Å². The van der Waals surface area contributed by atoms with Crippen LogP contribution in [0, 0.1) is 11.3 Å². The maximum Gasteiger partial charge on any atom is 0.416 e. The van der Waals surface area contributed by atoms with E-state index in [1.807, 2.05) is 6.07 Å². The standard InChI is InChI=1S/C13H12F3NO2/c1-12(18-8-11(19-12)6-7-17)9-2-4-10(5-3-9)13(14,15)16/h2-5,11H,6,8H2,1H3. The van der Waals surface area contributed by atoms with Crippen molar-refractivity contribution in [3.8, 4) is 6.07 Å². The van der Waals surface area contributed by atoms with Crippen molar-refractivity contribution < 1.29 is 22.6 Å². The first-order chi connectivity index (χ1) is 8.85. The summed E-state index contributed by atoms with van der Waals surface area (Å²) in [6.45, 7) is 1.89. The third kappa shape index (κ3) is 2.88. The summed E-state index contributed by atoms with van der Waals surface area (Å²) in [5.41, 5.74) is -0.215. The Balaban J connectivity index is 2.17. The van der Waals surface area contributed by atoms with Gasteiger partial charge in [0.15, 0.2) is 5.79 Å². The Labute approximate surface area is 108 Å². The minimum absolute atomic E-state index is 0.191. The van der Waals surface area contributed by atoms with E-state index in [0.717, 1.165) is 12.1 Å². The maximum atomic E-state index is 12.5. The summed E-state index contributed by atoms with van der Waals surface area (Å²) in [6.07, 6.45) is -4.52. The van der Waals surface area contributed by atoms with Crippen LogP contribution in [0.2, 0.25) is 0 Å². The van der Waals surface area contributed by atoms with E-state index in [-0.39, 0.29) is 19.1 Å². The smallest absolute Gasteiger partial charge is 0.343 e. The van der Waals surface area contributed by atoms with Crippen LogP contribution in [0.4, 0.5) is 13.2 Å². The maximum absolute atomic E-state index is 12.5. The van der Waals surface area contributed by atoms with Crippen molar-refractivity contribution >= 4 is 0 Å². The van der Waals surface area contributed by atoms with Crippen molar-refractivity contribution in [3.05, 3.63) is 35.4 Å². The highest BCUT2D eigenvalue weighted by Gasteiger charge is 2.39. The van der Waals surface area contributed by atoms with Crippen molar-refractivity contribution in [2.45, 2.75) is 31.4 Å². The largest absolute Gasteiger partial charge is 0.416 e. The lowest BCUT2D eigenvalue weighted by Gasteiger charge is -2.24. The van der Waals surface area contributed by atoms with E-state index in [0.29, 0.717) is 5.56 Å². The van der Waals surface area contributed by atoms with Crippen LogP contribution in [-0.4, -0.2) is 12.7 Å². The van der Waals surface area contributed by atoms with E-state index in [4.69, 9.17) is 14.7 Å². The molecule has 0 aromatic heterocycles. The summed E-state index contributed by atoms with van der Waals surface area (Å²) in [4.78, 5) is 0. The summed E-state index contributed by atoms with van der Waals surface area (Å²) >= 11 is 0. The number of rotatable bonds is 2. The molecule has 1 aliphatic rings. The summed E-state index contributed by atoms with van der Waals surface area (Å²) < 4.78 is 48.4. The minimum atomic E-state index is -4.36. The molecule has 0 N–H and O–H groups in total. The van der Waals surface area contributed by atoms with Gasteiger partial charge in [-0.1, -0.05) is 12.1 Å². The summed E-state index contributed by atoms with van der Waals surface area (Å²) in [6, 6.07) is 6.62. The Bertz CT molecular complexity index is 492. The number of hydrogen-bond donors (Lipinski definition) is 0. The lowest BCUT2D eigenvalue weighted by Crippen LogP contribution is -2.24. The number of benzene rings is 1. The monoisotopic (exact) mass is 271 g/mol. The van der Waals surface area contributed by atoms with E-state index in [1.165, 1.54) is 12.1 Å². The highest BCUT2D eigenvalue weighted by atomic mass is 19.4. The molecule has 0 bridgehead atoms. The molecule has 0 saturated carbocycles. The molecule has 2 atom stereocenters. The van der Waals surface area contributed by atoms with Crippen LogP contribution in [0.3, 0.4) is 0 Å². The Morgan fingerprint density at radius 1 is 1.37 bits per heavy atom. The average molecular weight is 271 g/mol. The molecule has 2 rings (SSSR count). The SMILES string of the molecule is CC1(c2ccc(C(F)(F)F)cc2)OCC(CC#N)O1. The summed E-state index contributed by atoms with van der Waals surface area (Å²) in [7, 11) is 0. The van der Waals surface area contributed by atoms with E-state index in [2.05, 4.69) is 0 Å². The van der Waals surface area contributed by atoms with E-state index < -0.39 is 17.5 Å². The van der Waals surface area contributed by atoms with Gasteiger partial charge in [-0.3, -0.25) is 0 Å². The van der Waals surface area contributed by atoms with Gasteiger partial charge in [0, 0.05) is 5.56 Å². The first-order valence-electron chi connectivity index (χ1n) is 5.71. The van der Waals surface area contributed by atoms with Crippen LogP contribution in [0.25, 0.3) is 0 Å². The highest BCUT2D eigenvalue weighted by molar-refractivity contribution is 5.27. The van der Waals surface area contributed by atoms with Gasteiger partial charge in [-0.05, 0) is 19.1 Å². The zero-order valence-corrected chi connectivity index (χ0v) is 10.2. The molecule has 0 spiro atoms. The second-order valence-electron chi connectivity index (χ2n) is 4.43. The minimum Gasteiger partial charge on any atom is -0.343 e. The molecule has 6 heteroatoms. The third-order valence-corrected chi connectivity index (χ3v) is 2.99. The first-order valence-corrected chi connectivity index (χ1v) is 5.71. The fraction of sp³-hybridized carbons (Fsp3) is 0.462. The van der Waals surface area contributed by atoms with Crippen molar-refractivity contribution in [2.24, 2.45) is 0 Å². The van der Waals surface area contributed by atoms with Gasteiger partial charge in [0.2, 0.25) is 0 Å². The molecule has 1 aliphatic heterocycles. The zero-order valence-electron chi connectivity index (χ0n) is 10.2.